The molecule has 0 spiro atoms. The molecule has 1 amide bonds. The summed E-state index contributed by atoms with van der Waals surface area (Å²) in [7, 11) is -0.855. The number of nitrogens with one attached hydrogen (secondary N) is 1. The number of amides is 1. The first-order valence-corrected chi connectivity index (χ1v) is 6.83. The van der Waals surface area contributed by atoms with Gasteiger partial charge in [0.2, 0.25) is 5.09 Å². The van der Waals surface area contributed by atoms with E-state index < -0.39 is 21.5 Å². The molecule has 102 valence electrons. The highest BCUT2D eigenvalue weighted by Crippen LogP contribution is 2.17. The second-order valence-corrected chi connectivity index (χ2v) is 7.19. The lowest BCUT2D eigenvalue weighted by molar-refractivity contribution is 0.0885. The maximum Gasteiger partial charge on any atom is 0.287 e. The van der Waals surface area contributed by atoms with Crippen molar-refractivity contribution < 1.29 is 17.6 Å². The van der Waals surface area contributed by atoms with Gasteiger partial charge in [-0.05, 0) is 32.9 Å². The molecule has 0 aliphatic heterocycles. The number of sulfonamides is 1. The Morgan fingerprint density at radius 2 is 1.83 bits per heavy atom. The molecule has 0 fully saturated rings. The van der Waals surface area contributed by atoms with Crippen LogP contribution in [0.15, 0.2) is 21.6 Å². The third kappa shape index (κ3) is 3.33. The van der Waals surface area contributed by atoms with E-state index in [1.54, 1.807) is 0 Å². The van der Waals surface area contributed by atoms with Crippen molar-refractivity contribution in [2.75, 3.05) is 14.1 Å². The van der Waals surface area contributed by atoms with E-state index in [1.165, 1.54) is 26.2 Å². The van der Waals surface area contributed by atoms with Crippen molar-refractivity contribution >= 4 is 15.9 Å². The molecule has 0 saturated carbocycles. The van der Waals surface area contributed by atoms with E-state index >= 15 is 0 Å². The standard InChI is InChI=1S/C11H18N2O4S/c1-11(2,3)12-10(14)8-6-7-9(17-8)18(15,16)13(4)5/h6-7H,1-5H3,(H,12,14). The number of carbonyl (C=O) groups is 1. The van der Waals surface area contributed by atoms with E-state index in [1.807, 2.05) is 20.8 Å². The van der Waals surface area contributed by atoms with Crippen LogP contribution in [0, 0.1) is 0 Å². The minimum atomic E-state index is -3.65. The molecular formula is C11H18N2O4S. The summed E-state index contributed by atoms with van der Waals surface area (Å²) >= 11 is 0. The van der Waals surface area contributed by atoms with Gasteiger partial charge in [-0.15, -0.1) is 0 Å². The molecule has 0 bridgehead atoms. The van der Waals surface area contributed by atoms with Gasteiger partial charge < -0.3 is 9.73 Å². The summed E-state index contributed by atoms with van der Waals surface area (Å²) in [5.41, 5.74) is -0.412. The van der Waals surface area contributed by atoms with Gasteiger partial charge in [0, 0.05) is 19.6 Å². The molecule has 6 nitrogen and oxygen atoms in total. The second kappa shape index (κ2) is 4.74. The average Bonchev–Trinajstić information content (AvgIpc) is 2.63. The van der Waals surface area contributed by atoms with E-state index in [4.69, 9.17) is 4.42 Å². The monoisotopic (exact) mass is 274 g/mol. The Bertz CT molecular complexity index is 538. The highest BCUT2D eigenvalue weighted by Gasteiger charge is 2.24. The summed E-state index contributed by atoms with van der Waals surface area (Å²) in [6, 6.07) is 2.62. The summed E-state index contributed by atoms with van der Waals surface area (Å²) in [6.45, 7) is 5.47. The Labute approximate surface area is 107 Å². The highest BCUT2D eigenvalue weighted by atomic mass is 32.2. The normalized spacial score (nSPS) is 12.8. The van der Waals surface area contributed by atoms with E-state index in [-0.39, 0.29) is 10.9 Å². The molecule has 0 aliphatic carbocycles. The molecule has 0 aromatic carbocycles. The van der Waals surface area contributed by atoms with Gasteiger partial charge in [-0.3, -0.25) is 4.79 Å². The Morgan fingerprint density at radius 1 is 1.28 bits per heavy atom. The third-order valence-electron chi connectivity index (χ3n) is 2.03. The van der Waals surface area contributed by atoms with Crippen molar-refractivity contribution in [3.63, 3.8) is 0 Å². The number of carbonyl (C=O) groups excluding carboxylic acids is 1. The number of hydrogen-bond donors (Lipinski definition) is 1. The topological polar surface area (TPSA) is 79.6 Å². The fourth-order valence-electron chi connectivity index (χ4n) is 1.16. The molecule has 0 saturated heterocycles. The molecule has 18 heavy (non-hydrogen) atoms. The van der Waals surface area contributed by atoms with Crippen LogP contribution in [0.1, 0.15) is 31.3 Å². The molecule has 0 atom stereocenters. The van der Waals surface area contributed by atoms with Crippen LogP contribution in [0.3, 0.4) is 0 Å². The Balaban J connectivity index is 2.98. The van der Waals surface area contributed by atoms with Gasteiger partial charge in [-0.25, -0.2) is 12.7 Å². The first kappa shape index (κ1) is 14.7. The lowest BCUT2D eigenvalue weighted by Gasteiger charge is -2.19. The van der Waals surface area contributed by atoms with Crippen molar-refractivity contribution in [3.8, 4) is 0 Å². The predicted molar refractivity (Wildman–Crippen MR) is 66.8 cm³/mol. The van der Waals surface area contributed by atoms with Crippen LogP contribution in [0.4, 0.5) is 0 Å². The highest BCUT2D eigenvalue weighted by molar-refractivity contribution is 7.88. The zero-order chi connectivity index (χ0) is 14.1. The van der Waals surface area contributed by atoms with Crippen LogP contribution in [0.2, 0.25) is 0 Å². The Hall–Kier alpha value is -1.34. The molecule has 7 heteroatoms. The molecule has 1 aromatic rings. The van der Waals surface area contributed by atoms with Crippen molar-refractivity contribution in [3.05, 3.63) is 17.9 Å². The van der Waals surface area contributed by atoms with Crippen LogP contribution in [0.5, 0.6) is 0 Å². The van der Waals surface area contributed by atoms with Crippen LogP contribution in [-0.4, -0.2) is 38.3 Å². The van der Waals surface area contributed by atoms with E-state index in [0.717, 1.165) is 4.31 Å². The smallest absolute Gasteiger partial charge is 0.287 e. The molecule has 1 aromatic heterocycles. The van der Waals surface area contributed by atoms with Crippen LogP contribution in [0.25, 0.3) is 0 Å². The van der Waals surface area contributed by atoms with Gasteiger partial charge in [-0.2, -0.15) is 0 Å². The SMILES string of the molecule is CN(C)S(=O)(=O)c1ccc(C(=O)NC(C)(C)C)o1. The first-order valence-electron chi connectivity index (χ1n) is 5.39. The zero-order valence-electron chi connectivity index (χ0n) is 11.1. The molecule has 0 aliphatic rings. The Kier molecular flexibility index (Phi) is 3.87. The van der Waals surface area contributed by atoms with Gasteiger partial charge in [-0.1, -0.05) is 0 Å². The lowest BCUT2D eigenvalue weighted by Crippen LogP contribution is -2.40. The fraction of sp³-hybridized carbons (Fsp3) is 0.545. The van der Waals surface area contributed by atoms with Gasteiger partial charge in [0.05, 0.1) is 0 Å². The average molecular weight is 274 g/mol. The van der Waals surface area contributed by atoms with Crippen molar-refractivity contribution in [1.29, 1.82) is 0 Å². The first-order chi connectivity index (χ1) is 8.04. The van der Waals surface area contributed by atoms with Gasteiger partial charge in [0.15, 0.2) is 5.76 Å². The predicted octanol–water partition coefficient (Wildman–Crippen LogP) is 1.06. The molecule has 0 radical (unpaired) electrons. The summed E-state index contributed by atoms with van der Waals surface area (Å²) in [5, 5.41) is 2.44. The number of furan rings is 1. The molecule has 1 heterocycles. The summed E-state index contributed by atoms with van der Waals surface area (Å²) in [5.74, 6) is -0.465. The van der Waals surface area contributed by atoms with Gasteiger partial charge >= 0.3 is 0 Å². The van der Waals surface area contributed by atoms with Crippen LogP contribution < -0.4 is 5.32 Å². The van der Waals surface area contributed by atoms with E-state index in [2.05, 4.69) is 5.32 Å². The quantitative estimate of drug-likeness (QED) is 0.893. The second-order valence-electron chi connectivity index (χ2n) is 5.11. The van der Waals surface area contributed by atoms with Crippen LogP contribution >= 0.6 is 0 Å². The summed E-state index contributed by atoms with van der Waals surface area (Å²) in [4.78, 5) is 11.8. The minimum Gasteiger partial charge on any atom is -0.438 e. The molecule has 1 rings (SSSR count). The van der Waals surface area contributed by atoms with Crippen molar-refractivity contribution in [2.45, 2.75) is 31.4 Å². The van der Waals surface area contributed by atoms with Crippen LogP contribution in [-0.2, 0) is 10.0 Å². The number of rotatable bonds is 3. The lowest BCUT2D eigenvalue weighted by atomic mass is 10.1. The third-order valence-corrected chi connectivity index (χ3v) is 3.72. The minimum absolute atomic E-state index is 0.0228. The largest absolute Gasteiger partial charge is 0.438 e. The maximum absolute atomic E-state index is 11.8. The van der Waals surface area contributed by atoms with Crippen molar-refractivity contribution in [1.82, 2.24) is 9.62 Å². The molecular weight excluding hydrogens is 256 g/mol. The molecule has 1 N–H and O–H groups in total. The Morgan fingerprint density at radius 3 is 2.28 bits per heavy atom. The fourth-order valence-corrected chi connectivity index (χ4v) is 1.96. The van der Waals surface area contributed by atoms with Crippen molar-refractivity contribution in [2.24, 2.45) is 0 Å². The van der Waals surface area contributed by atoms with E-state index in [0.29, 0.717) is 0 Å². The number of hydrogen-bond acceptors (Lipinski definition) is 4. The summed E-state index contributed by atoms with van der Waals surface area (Å²) in [6.07, 6.45) is 0. The zero-order valence-corrected chi connectivity index (χ0v) is 12.0. The van der Waals surface area contributed by atoms with E-state index in [9.17, 15) is 13.2 Å². The number of nitrogens with zero attached hydrogens (tertiary/aromatic N) is 1. The summed E-state index contributed by atoms with van der Waals surface area (Å²) < 4.78 is 29.6. The maximum atomic E-state index is 11.8. The molecule has 0 unspecified atom stereocenters. The van der Waals surface area contributed by atoms with Gasteiger partial charge in [0.1, 0.15) is 0 Å². The van der Waals surface area contributed by atoms with Gasteiger partial charge in [0.25, 0.3) is 15.9 Å².